The minimum atomic E-state index is -3.87. The van der Waals surface area contributed by atoms with Gasteiger partial charge in [0.15, 0.2) is 0 Å². The number of rotatable bonds is 5. The number of hydrogen-bond acceptors (Lipinski definition) is 4. The molecule has 146 valence electrons. The molecule has 0 saturated carbocycles. The standard InChI is InChI=1S/C18H21FN2O4S2/c1-3-26(22,23)21-9-8-14-4-5-16(11-15(14)12-21)20-27(24,25)17-6-7-18(19)13(2)10-17/h4-7,10-11,20H,3,8-9,12H2,1-2H3. The van der Waals surface area contributed by atoms with Gasteiger partial charge in [-0.3, -0.25) is 4.72 Å². The molecule has 0 unspecified atom stereocenters. The molecular weight excluding hydrogens is 391 g/mol. The van der Waals surface area contributed by atoms with Crippen LogP contribution in [0.2, 0.25) is 0 Å². The number of anilines is 1. The van der Waals surface area contributed by atoms with E-state index in [1.165, 1.54) is 23.4 Å². The van der Waals surface area contributed by atoms with Crippen LogP contribution in [0, 0.1) is 12.7 Å². The van der Waals surface area contributed by atoms with Crippen LogP contribution in [0.25, 0.3) is 0 Å². The summed E-state index contributed by atoms with van der Waals surface area (Å²) in [6.07, 6.45) is 0.582. The molecule has 6 nitrogen and oxygen atoms in total. The Morgan fingerprint density at radius 2 is 1.81 bits per heavy atom. The van der Waals surface area contributed by atoms with Crippen molar-refractivity contribution in [1.82, 2.24) is 4.31 Å². The van der Waals surface area contributed by atoms with Crippen LogP contribution in [0.1, 0.15) is 23.6 Å². The fourth-order valence-corrected chi connectivity index (χ4v) is 5.22. The molecule has 0 spiro atoms. The first-order valence-corrected chi connectivity index (χ1v) is 11.6. The molecule has 0 aromatic heterocycles. The maximum atomic E-state index is 13.4. The lowest BCUT2D eigenvalue weighted by Crippen LogP contribution is -2.36. The van der Waals surface area contributed by atoms with Crippen molar-refractivity contribution in [2.45, 2.75) is 31.7 Å². The van der Waals surface area contributed by atoms with Crippen molar-refractivity contribution in [3.8, 4) is 0 Å². The van der Waals surface area contributed by atoms with E-state index in [2.05, 4.69) is 4.72 Å². The Balaban J connectivity index is 1.87. The number of aryl methyl sites for hydroxylation is 1. The first-order chi connectivity index (χ1) is 12.6. The Kier molecular flexibility index (Phi) is 5.29. The van der Waals surface area contributed by atoms with Crippen molar-refractivity contribution in [2.24, 2.45) is 0 Å². The molecule has 0 amide bonds. The van der Waals surface area contributed by atoms with Gasteiger partial charge in [-0.1, -0.05) is 6.07 Å². The van der Waals surface area contributed by atoms with Gasteiger partial charge in [0.2, 0.25) is 10.0 Å². The van der Waals surface area contributed by atoms with Gasteiger partial charge in [0.25, 0.3) is 10.0 Å². The molecule has 27 heavy (non-hydrogen) atoms. The second kappa shape index (κ2) is 7.21. The van der Waals surface area contributed by atoms with Crippen molar-refractivity contribution in [3.63, 3.8) is 0 Å². The lowest BCUT2D eigenvalue weighted by molar-refractivity contribution is 0.392. The fraction of sp³-hybridized carbons (Fsp3) is 0.333. The number of hydrogen-bond donors (Lipinski definition) is 1. The monoisotopic (exact) mass is 412 g/mol. The average molecular weight is 413 g/mol. The topological polar surface area (TPSA) is 83.6 Å². The molecule has 0 bridgehead atoms. The molecule has 0 atom stereocenters. The predicted octanol–water partition coefficient (Wildman–Crippen LogP) is 2.64. The van der Waals surface area contributed by atoms with E-state index in [9.17, 15) is 21.2 Å². The van der Waals surface area contributed by atoms with Gasteiger partial charge in [-0.15, -0.1) is 0 Å². The maximum Gasteiger partial charge on any atom is 0.261 e. The summed E-state index contributed by atoms with van der Waals surface area (Å²) < 4.78 is 66.6. The number of fused-ring (bicyclic) bond motifs is 1. The summed E-state index contributed by atoms with van der Waals surface area (Å²) in [6.45, 7) is 3.73. The van der Waals surface area contributed by atoms with Crippen molar-refractivity contribution < 1.29 is 21.2 Å². The van der Waals surface area contributed by atoms with E-state index in [1.807, 2.05) is 0 Å². The highest BCUT2D eigenvalue weighted by atomic mass is 32.2. The number of benzene rings is 2. The van der Waals surface area contributed by atoms with Gasteiger partial charge in [-0.05, 0) is 67.3 Å². The Bertz CT molecular complexity index is 1080. The highest BCUT2D eigenvalue weighted by molar-refractivity contribution is 7.92. The molecule has 1 N–H and O–H groups in total. The lowest BCUT2D eigenvalue weighted by Gasteiger charge is -2.28. The van der Waals surface area contributed by atoms with Gasteiger partial charge in [0.1, 0.15) is 5.82 Å². The van der Waals surface area contributed by atoms with Gasteiger partial charge >= 0.3 is 0 Å². The van der Waals surface area contributed by atoms with E-state index in [1.54, 1.807) is 25.1 Å². The summed E-state index contributed by atoms with van der Waals surface area (Å²) in [5, 5.41) is 0. The zero-order valence-electron chi connectivity index (χ0n) is 15.1. The van der Waals surface area contributed by atoms with Crippen LogP contribution in [0.15, 0.2) is 41.3 Å². The maximum absolute atomic E-state index is 13.4. The SMILES string of the molecule is CCS(=O)(=O)N1CCc2ccc(NS(=O)(=O)c3ccc(F)c(C)c3)cc2C1. The first kappa shape index (κ1) is 19.8. The fourth-order valence-electron chi connectivity index (χ4n) is 3.01. The van der Waals surface area contributed by atoms with Crippen LogP contribution in [0.3, 0.4) is 0 Å². The molecule has 9 heteroatoms. The van der Waals surface area contributed by atoms with Gasteiger partial charge in [0, 0.05) is 18.8 Å². The smallest absolute Gasteiger partial charge is 0.261 e. The average Bonchev–Trinajstić information content (AvgIpc) is 2.63. The molecule has 0 aliphatic carbocycles. The van der Waals surface area contributed by atoms with Crippen molar-refractivity contribution >= 4 is 25.7 Å². The Morgan fingerprint density at radius 1 is 1.07 bits per heavy atom. The zero-order valence-corrected chi connectivity index (χ0v) is 16.7. The molecule has 0 saturated heterocycles. The second-order valence-electron chi connectivity index (χ2n) is 6.48. The molecule has 1 aliphatic rings. The van der Waals surface area contributed by atoms with Crippen LogP contribution in [-0.2, 0) is 33.0 Å². The molecule has 3 rings (SSSR count). The highest BCUT2D eigenvalue weighted by Crippen LogP contribution is 2.26. The van der Waals surface area contributed by atoms with E-state index in [4.69, 9.17) is 0 Å². The van der Waals surface area contributed by atoms with Gasteiger partial charge in [-0.2, -0.15) is 4.31 Å². The molecule has 0 fully saturated rings. The second-order valence-corrected chi connectivity index (χ2v) is 10.4. The minimum absolute atomic E-state index is 0.0264. The minimum Gasteiger partial charge on any atom is -0.280 e. The van der Waals surface area contributed by atoms with E-state index >= 15 is 0 Å². The summed E-state index contributed by atoms with van der Waals surface area (Å²) in [6, 6.07) is 8.70. The number of nitrogens with one attached hydrogen (secondary N) is 1. The molecule has 1 aliphatic heterocycles. The Morgan fingerprint density at radius 3 is 2.48 bits per heavy atom. The Labute approximate surface area is 159 Å². The van der Waals surface area contributed by atoms with Gasteiger partial charge in [0.05, 0.1) is 10.6 Å². The summed E-state index contributed by atoms with van der Waals surface area (Å²) in [5.74, 6) is -0.446. The number of halogens is 1. The predicted molar refractivity (Wildman–Crippen MR) is 102 cm³/mol. The van der Waals surface area contributed by atoms with Crippen LogP contribution in [0.5, 0.6) is 0 Å². The summed E-state index contributed by atoms with van der Waals surface area (Å²) in [7, 11) is -7.18. The number of nitrogens with zero attached hydrogens (tertiary/aromatic N) is 1. The zero-order chi connectivity index (χ0) is 19.8. The van der Waals surface area contributed by atoms with Crippen LogP contribution < -0.4 is 4.72 Å². The van der Waals surface area contributed by atoms with Gasteiger partial charge in [-0.25, -0.2) is 21.2 Å². The van der Waals surface area contributed by atoms with E-state index in [-0.39, 0.29) is 22.8 Å². The van der Waals surface area contributed by atoms with Crippen LogP contribution >= 0.6 is 0 Å². The molecule has 2 aromatic carbocycles. The summed E-state index contributed by atoms with van der Waals surface area (Å²) >= 11 is 0. The van der Waals surface area contributed by atoms with E-state index in [0.29, 0.717) is 18.7 Å². The van der Waals surface area contributed by atoms with E-state index < -0.39 is 25.9 Å². The molecular formula is C18H21FN2O4S2. The third-order valence-corrected chi connectivity index (χ3v) is 7.84. The van der Waals surface area contributed by atoms with Crippen LogP contribution in [0.4, 0.5) is 10.1 Å². The summed E-state index contributed by atoms with van der Waals surface area (Å²) in [5.41, 5.74) is 2.35. The molecule has 2 aromatic rings. The van der Waals surface area contributed by atoms with Crippen LogP contribution in [-0.4, -0.2) is 33.4 Å². The lowest BCUT2D eigenvalue weighted by atomic mass is 10.0. The molecule has 1 heterocycles. The molecule has 0 radical (unpaired) electrons. The third kappa shape index (κ3) is 4.15. The van der Waals surface area contributed by atoms with Crippen molar-refractivity contribution in [2.75, 3.05) is 17.0 Å². The quantitative estimate of drug-likeness (QED) is 0.818. The number of sulfonamides is 2. The largest absolute Gasteiger partial charge is 0.280 e. The van der Waals surface area contributed by atoms with Crippen molar-refractivity contribution in [3.05, 3.63) is 58.9 Å². The van der Waals surface area contributed by atoms with Gasteiger partial charge < -0.3 is 0 Å². The normalized spacial score (nSPS) is 15.4. The highest BCUT2D eigenvalue weighted by Gasteiger charge is 2.25. The third-order valence-electron chi connectivity index (χ3n) is 4.63. The summed E-state index contributed by atoms with van der Waals surface area (Å²) in [4.78, 5) is -0.0330. The van der Waals surface area contributed by atoms with Crippen molar-refractivity contribution in [1.29, 1.82) is 0 Å². The Hall–Kier alpha value is -1.97. The van der Waals surface area contributed by atoms with E-state index in [0.717, 1.165) is 17.2 Å². The first-order valence-electron chi connectivity index (χ1n) is 8.51.